The second-order valence-corrected chi connectivity index (χ2v) is 7.76. The number of amides is 1. The van der Waals surface area contributed by atoms with Gasteiger partial charge in [0.1, 0.15) is 0 Å². The number of hydrogen-bond donors (Lipinski definition) is 0. The maximum atomic E-state index is 12.8. The van der Waals surface area contributed by atoms with E-state index in [1.165, 1.54) is 18.2 Å². The number of para-hydroxylation sites is 1. The molecule has 3 heterocycles. The number of hydrogen-bond acceptors (Lipinski definition) is 5. The van der Waals surface area contributed by atoms with E-state index in [-0.39, 0.29) is 11.5 Å². The first-order valence-corrected chi connectivity index (χ1v) is 10.5. The topological polar surface area (TPSA) is 72.5 Å². The number of fused-ring (bicyclic) bond motifs is 3. The minimum atomic E-state index is -0.0479. The second kappa shape index (κ2) is 7.72. The number of thioether (sulfide) groups is 1. The molecule has 0 unspecified atom stereocenters. The number of aromatic nitrogens is 4. The van der Waals surface area contributed by atoms with Crippen LogP contribution in [0.4, 0.5) is 0 Å². The van der Waals surface area contributed by atoms with Gasteiger partial charge >= 0.3 is 0 Å². The van der Waals surface area contributed by atoms with Crippen molar-refractivity contribution in [3.63, 3.8) is 0 Å². The summed E-state index contributed by atoms with van der Waals surface area (Å²) in [5.41, 5.74) is 0.732. The molecule has 0 radical (unpaired) electrons. The highest BCUT2D eigenvalue weighted by molar-refractivity contribution is 7.99. The molecule has 0 spiro atoms. The number of rotatable bonds is 5. The van der Waals surface area contributed by atoms with Crippen LogP contribution in [0.25, 0.3) is 16.7 Å². The van der Waals surface area contributed by atoms with Crippen LogP contribution < -0.4 is 5.56 Å². The van der Waals surface area contributed by atoms with Crippen LogP contribution in [0.5, 0.6) is 0 Å². The second-order valence-electron chi connectivity index (χ2n) is 6.82. The van der Waals surface area contributed by atoms with Crippen LogP contribution in [0.15, 0.2) is 34.2 Å². The lowest BCUT2D eigenvalue weighted by atomic mass is 10.1. The number of piperidine rings is 1. The Morgan fingerprint density at radius 2 is 1.93 bits per heavy atom. The van der Waals surface area contributed by atoms with Crippen molar-refractivity contribution in [3.8, 4) is 0 Å². The summed E-state index contributed by atoms with van der Waals surface area (Å²) in [6.45, 7) is 4.31. The molecule has 1 saturated heterocycles. The molecule has 1 aliphatic heterocycles. The average molecular weight is 385 g/mol. The third kappa shape index (κ3) is 3.34. The van der Waals surface area contributed by atoms with E-state index in [0.29, 0.717) is 28.6 Å². The fourth-order valence-electron chi connectivity index (χ4n) is 3.61. The first kappa shape index (κ1) is 18.0. The van der Waals surface area contributed by atoms with Gasteiger partial charge in [0, 0.05) is 19.6 Å². The fourth-order valence-corrected chi connectivity index (χ4v) is 4.46. The zero-order valence-corrected chi connectivity index (χ0v) is 16.2. The van der Waals surface area contributed by atoms with Crippen LogP contribution in [0.3, 0.4) is 0 Å². The largest absolute Gasteiger partial charge is 0.342 e. The molecule has 0 atom stereocenters. The number of carbonyl (C=O) groups excluding carboxylic acids is 1. The van der Waals surface area contributed by atoms with Gasteiger partial charge in [0.25, 0.3) is 5.56 Å². The summed E-state index contributed by atoms with van der Waals surface area (Å²) in [4.78, 5) is 27.3. The zero-order chi connectivity index (χ0) is 18.8. The number of nitrogens with zero attached hydrogens (tertiary/aromatic N) is 5. The lowest BCUT2D eigenvalue weighted by molar-refractivity contribution is -0.129. The Hall–Kier alpha value is -2.35. The Labute approximate surface area is 161 Å². The monoisotopic (exact) mass is 385 g/mol. The van der Waals surface area contributed by atoms with Gasteiger partial charge in [0.2, 0.25) is 11.7 Å². The summed E-state index contributed by atoms with van der Waals surface area (Å²) < 4.78 is 3.58. The lowest BCUT2D eigenvalue weighted by Crippen LogP contribution is -2.36. The van der Waals surface area contributed by atoms with E-state index in [1.807, 2.05) is 40.5 Å². The van der Waals surface area contributed by atoms with Gasteiger partial charge in [-0.15, -0.1) is 10.2 Å². The highest BCUT2D eigenvalue weighted by atomic mass is 32.2. The van der Waals surface area contributed by atoms with Crippen LogP contribution in [0.1, 0.15) is 32.6 Å². The fraction of sp³-hybridized carbons (Fsp3) is 0.474. The summed E-state index contributed by atoms with van der Waals surface area (Å²) in [7, 11) is 0. The normalized spacial score (nSPS) is 14.9. The van der Waals surface area contributed by atoms with E-state index < -0.39 is 0 Å². The van der Waals surface area contributed by atoms with Crippen molar-refractivity contribution in [3.05, 3.63) is 34.6 Å². The van der Waals surface area contributed by atoms with E-state index in [2.05, 4.69) is 10.2 Å². The molecule has 3 aromatic rings. The highest BCUT2D eigenvalue weighted by Gasteiger charge is 2.20. The maximum absolute atomic E-state index is 12.8. The van der Waals surface area contributed by atoms with E-state index in [0.717, 1.165) is 37.9 Å². The highest BCUT2D eigenvalue weighted by Crippen LogP contribution is 2.22. The standard InChI is InChI=1S/C19H23N5O2S/c1-2-10-23-17(26)14-8-4-5-9-15(14)24-18(23)20-21-19(24)27-13-16(25)22-11-6-3-7-12-22/h4-5,8-9H,2-3,6-7,10-13H2,1H3. The Morgan fingerprint density at radius 3 is 2.70 bits per heavy atom. The van der Waals surface area contributed by atoms with Crippen molar-refractivity contribution in [2.24, 2.45) is 0 Å². The zero-order valence-electron chi connectivity index (χ0n) is 15.4. The molecule has 0 saturated carbocycles. The molecule has 1 amide bonds. The van der Waals surface area contributed by atoms with Crippen LogP contribution in [0, 0.1) is 0 Å². The predicted octanol–water partition coefficient (Wildman–Crippen LogP) is 2.56. The van der Waals surface area contributed by atoms with Gasteiger partial charge in [0.15, 0.2) is 5.16 Å². The molecule has 27 heavy (non-hydrogen) atoms. The Kier molecular flexibility index (Phi) is 5.15. The van der Waals surface area contributed by atoms with E-state index in [9.17, 15) is 9.59 Å². The van der Waals surface area contributed by atoms with Gasteiger partial charge in [-0.1, -0.05) is 30.8 Å². The third-order valence-electron chi connectivity index (χ3n) is 4.96. The average Bonchev–Trinajstić information content (AvgIpc) is 3.14. The van der Waals surface area contributed by atoms with Gasteiger partial charge in [-0.2, -0.15) is 0 Å². The van der Waals surface area contributed by atoms with Crippen molar-refractivity contribution in [2.75, 3.05) is 18.8 Å². The van der Waals surface area contributed by atoms with Crippen LogP contribution >= 0.6 is 11.8 Å². The summed E-state index contributed by atoms with van der Waals surface area (Å²) >= 11 is 1.39. The molecular weight excluding hydrogens is 362 g/mol. The summed E-state index contributed by atoms with van der Waals surface area (Å²) in [6, 6.07) is 7.50. The van der Waals surface area contributed by atoms with Crippen molar-refractivity contribution < 1.29 is 4.79 Å². The first-order valence-electron chi connectivity index (χ1n) is 9.48. The van der Waals surface area contributed by atoms with Crippen molar-refractivity contribution in [1.82, 2.24) is 24.1 Å². The molecule has 0 aliphatic carbocycles. The minimum Gasteiger partial charge on any atom is -0.342 e. The summed E-state index contributed by atoms with van der Waals surface area (Å²) in [5.74, 6) is 1.01. The first-order chi connectivity index (χ1) is 13.2. The van der Waals surface area contributed by atoms with Crippen LogP contribution in [-0.2, 0) is 11.3 Å². The predicted molar refractivity (Wildman–Crippen MR) is 106 cm³/mol. The van der Waals surface area contributed by atoms with Crippen LogP contribution in [-0.4, -0.2) is 48.8 Å². The maximum Gasteiger partial charge on any atom is 0.262 e. The molecule has 0 bridgehead atoms. The minimum absolute atomic E-state index is 0.0479. The van der Waals surface area contributed by atoms with E-state index >= 15 is 0 Å². The van der Waals surface area contributed by atoms with Gasteiger partial charge in [0.05, 0.1) is 16.7 Å². The Morgan fingerprint density at radius 1 is 1.15 bits per heavy atom. The van der Waals surface area contributed by atoms with E-state index in [4.69, 9.17) is 0 Å². The quantitative estimate of drug-likeness (QED) is 0.631. The molecule has 2 aromatic heterocycles. The SMILES string of the molecule is CCCn1c(=O)c2ccccc2n2c(SCC(=O)N3CCCCC3)nnc12. The molecule has 1 aromatic carbocycles. The Bertz CT molecular complexity index is 1040. The van der Waals surface area contributed by atoms with Crippen molar-refractivity contribution >= 4 is 34.3 Å². The number of likely N-dealkylation sites (tertiary alicyclic amines) is 1. The smallest absolute Gasteiger partial charge is 0.262 e. The molecule has 0 N–H and O–H groups in total. The number of aryl methyl sites for hydroxylation is 1. The van der Waals surface area contributed by atoms with Crippen molar-refractivity contribution in [1.29, 1.82) is 0 Å². The lowest BCUT2D eigenvalue weighted by Gasteiger charge is -2.26. The van der Waals surface area contributed by atoms with Gasteiger partial charge in [-0.3, -0.25) is 18.6 Å². The molecule has 8 heteroatoms. The molecule has 142 valence electrons. The molecule has 4 rings (SSSR count). The van der Waals surface area contributed by atoms with Gasteiger partial charge in [-0.05, 0) is 37.8 Å². The Balaban J connectivity index is 1.71. The number of benzene rings is 1. The third-order valence-corrected chi connectivity index (χ3v) is 5.87. The summed E-state index contributed by atoms with van der Waals surface area (Å²) in [6.07, 6.45) is 4.19. The molecular formula is C19H23N5O2S. The van der Waals surface area contributed by atoms with Gasteiger partial charge in [-0.25, -0.2) is 0 Å². The number of carbonyl (C=O) groups is 1. The molecule has 1 fully saturated rings. The summed E-state index contributed by atoms with van der Waals surface area (Å²) in [5, 5.41) is 9.85. The molecule has 7 nitrogen and oxygen atoms in total. The molecule has 1 aliphatic rings. The van der Waals surface area contributed by atoms with E-state index in [1.54, 1.807) is 4.57 Å². The van der Waals surface area contributed by atoms with Crippen LogP contribution in [0.2, 0.25) is 0 Å². The van der Waals surface area contributed by atoms with Gasteiger partial charge < -0.3 is 4.90 Å². The van der Waals surface area contributed by atoms with Crippen molar-refractivity contribution in [2.45, 2.75) is 44.3 Å².